The molecule has 0 radical (unpaired) electrons. The molecule has 0 unspecified atom stereocenters. The van der Waals surface area contributed by atoms with Crippen molar-refractivity contribution in [2.75, 3.05) is 20.8 Å². The zero-order valence-electron chi connectivity index (χ0n) is 30.5. The Bertz CT molecular complexity index is 1490. The molecule has 50 heavy (non-hydrogen) atoms. The minimum Gasteiger partial charge on any atom is -0.453 e. The Balaban J connectivity index is 1.91. The molecule has 0 spiro atoms. The van der Waals surface area contributed by atoms with Gasteiger partial charge in [-0.15, -0.1) is 0 Å². The van der Waals surface area contributed by atoms with Gasteiger partial charge < -0.3 is 35.8 Å². The van der Waals surface area contributed by atoms with Gasteiger partial charge in [-0.3, -0.25) is 14.8 Å². The van der Waals surface area contributed by atoms with Crippen molar-refractivity contribution < 1.29 is 29.0 Å². The van der Waals surface area contributed by atoms with E-state index in [0.717, 1.165) is 22.4 Å². The van der Waals surface area contributed by atoms with Gasteiger partial charge in [0.15, 0.2) is 0 Å². The zero-order valence-corrected chi connectivity index (χ0v) is 30.5. The number of ether oxygens (including phenoxy) is 2. The molecule has 0 saturated heterocycles. The first-order chi connectivity index (χ1) is 23.6. The van der Waals surface area contributed by atoms with Crippen LogP contribution < -0.4 is 21.3 Å². The summed E-state index contributed by atoms with van der Waals surface area (Å²) in [6.07, 6.45) is 3.92. The van der Waals surface area contributed by atoms with Crippen LogP contribution in [0.25, 0.3) is 11.3 Å². The number of nitrogens with one attached hydrogen (secondary N) is 4. The molecule has 3 aromatic rings. The number of amides is 3. The maximum absolute atomic E-state index is 13.7. The molecule has 12 nitrogen and oxygen atoms in total. The van der Waals surface area contributed by atoms with E-state index in [9.17, 15) is 19.5 Å². The SMILES string of the molecule is COC(=O)N[C@H](C(=O)N[C@@H](Cc1ccccc1)C[C@H](O)[C@H](Cc1ccc(-c2cnccn2)cc1)NC[C@@H](NC(=O)OC)C(C)(C)C)C(C)(C)C. The van der Waals surface area contributed by atoms with Crippen LogP contribution in [0, 0.1) is 10.8 Å². The quantitative estimate of drug-likeness (QED) is 0.153. The molecule has 2 aromatic carbocycles. The average Bonchev–Trinajstić information content (AvgIpc) is 3.08. The van der Waals surface area contributed by atoms with Gasteiger partial charge in [-0.2, -0.15) is 0 Å². The summed E-state index contributed by atoms with van der Waals surface area (Å²) in [7, 11) is 2.58. The molecule has 0 aliphatic carbocycles. The van der Waals surface area contributed by atoms with E-state index >= 15 is 0 Å². The largest absolute Gasteiger partial charge is 0.453 e. The summed E-state index contributed by atoms with van der Waals surface area (Å²) in [6.45, 7) is 12.0. The Morgan fingerprint density at radius 3 is 1.96 bits per heavy atom. The highest BCUT2D eigenvalue weighted by atomic mass is 16.5. The second-order valence-corrected chi connectivity index (χ2v) is 14.7. The van der Waals surface area contributed by atoms with Crippen molar-refractivity contribution in [3.63, 3.8) is 0 Å². The number of carbonyl (C=O) groups excluding carboxylic acids is 3. The lowest BCUT2D eigenvalue weighted by molar-refractivity contribution is -0.126. The zero-order chi connectivity index (χ0) is 36.9. The third-order valence-corrected chi connectivity index (χ3v) is 8.61. The molecule has 0 saturated carbocycles. The summed E-state index contributed by atoms with van der Waals surface area (Å²) >= 11 is 0. The van der Waals surface area contributed by atoms with E-state index in [1.807, 2.05) is 96.1 Å². The van der Waals surface area contributed by atoms with Gasteiger partial charge in [-0.05, 0) is 41.2 Å². The molecule has 0 bridgehead atoms. The molecule has 3 rings (SSSR count). The van der Waals surface area contributed by atoms with Crippen molar-refractivity contribution >= 4 is 18.1 Å². The van der Waals surface area contributed by atoms with Crippen LogP contribution in [0.1, 0.15) is 59.1 Å². The Morgan fingerprint density at radius 2 is 1.40 bits per heavy atom. The maximum atomic E-state index is 13.7. The predicted octanol–water partition coefficient (Wildman–Crippen LogP) is 4.66. The van der Waals surface area contributed by atoms with Crippen LogP contribution in [0.3, 0.4) is 0 Å². The Kier molecular flexibility index (Phi) is 14.7. The normalized spacial score (nSPS) is 14.7. The van der Waals surface area contributed by atoms with E-state index in [2.05, 4.69) is 31.2 Å². The number of alkyl carbamates (subject to hydrolysis) is 2. The van der Waals surface area contributed by atoms with Crippen molar-refractivity contribution in [1.82, 2.24) is 31.2 Å². The van der Waals surface area contributed by atoms with Gasteiger partial charge >= 0.3 is 12.2 Å². The van der Waals surface area contributed by atoms with Gasteiger partial charge in [0.25, 0.3) is 0 Å². The molecular formula is C38H54N6O6. The van der Waals surface area contributed by atoms with E-state index in [1.54, 1.807) is 18.6 Å². The summed E-state index contributed by atoms with van der Waals surface area (Å²) in [5.41, 5.74) is 2.68. The summed E-state index contributed by atoms with van der Waals surface area (Å²) in [5.74, 6) is -0.379. The number of nitrogens with zero attached hydrogens (tertiary/aromatic N) is 2. The molecule has 3 amide bonds. The number of benzene rings is 2. The van der Waals surface area contributed by atoms with Crippen LogP contribution in [-0.4, -0.2) is 84.2 Å². The second kappa shape index (κ2) is 18.4. The number of aliphatic hydroxyl groups excluding tert-OH is 1. The minimum atomic E-state index is -0.927. The Hall–Kier alpha value is -4.55. The first kappa shape index (κ1) is 39.9. The van der Waals surface area contributed by atoms with E-state index in [4.69, 9.17) is 9.47 Å². The highest BCUT2D eigenvalue weighted by Crippen LogP contribution is 2.23. The lowest BCUT2D eigenvalue weighted by Crippen LogP contribution is -2.57. The molecule has 5 N–H and O–H groups in total. The maximum Gasteiger partial charge on any atom is 0.407 e. The van der Waals surface area contributed by atoms with Crippen molar-refractivity contribution in [2.45, 2.75) is 91.1 Å². The number of rotatable bonds is 15. The van der Waals surface area contributed by atoms with Crippen molar-refractivity contribution in [2.24, 2.45) is 10.8 Å². The van der Waals surface area contributed by atoms with Crippen LogP contribution in [0.2, 0.25) is 0 Å². The highest BCUT2D eigenvalue weighted by Gasteiger charge is 2.35. The molecular weight excluding hydrogens is 636 g/mol. The fraction of sp³-hybridized carbons (Fsp3) is 0.500. The van der Waals surface area contributed by atoms with E-state index < -0.39 is 41.8 Å². The summed E-state index contributed by atoms with van der Waals surface area (Å²) in [6, 6.07) is 15.5. The lowest BCUT2D eigenvalue weighted by atomic mass is 9.85. The number of hydrogen-bond acceptors (Lipinski definition) is 9. The topological polar surface area (TPSA) is 164 Å². The molecule has 0 fully saturated rings. The summed E-state index contributed by atoms with van der Waals surface area (Å²) < 4.78 is 9.68. The molecule has 5 atom stereocenters. The van der Waals surface area contributed by atoms with Gasteiger partial charge in [0, 0.05) is 42.6 Å². The second-order valence-electron chi connectivity index (χ2n) is 14.7. The number of carbonyl (C=O) groups is 3. The van der Waals surface area contributed by atoms with Crippen LogP contribution in [0.5, 0.6) is 0 Å². The molecule has 1 heterocycles. The monoisotopic (exact) mass is 690 g/mol. The highest BCUT2D eigenvalue weighted by molar-refractivity contribution is 5.86. The standard InChI is InChI=1S/C38H54N6O6/c1-37(2,3)32(43-35(47)49-7)24-41-29(21-26-14-16-27(17-15-26)30-23-39-18-19-40-30)31(45)22-28(20-25-12-10-9-11-13-25)42-34(46)33(38(4,5)6)44-36(48)50-8/h9-19,23,28-29,31-33,41,45H,20-22,24H2,1-8H3,(H,42,46)(H,43,47)(H,44,48)/t28-,29-,31-,32+,33+/m0/s1. The van der Waals surface area contributed by atoms with Crippen molar-refractivity contribution in [1.29, 1.82) is 0 Å². The first-order valence-corrected chi connectivity index (χ1v) is 16.9. The van der Waals surface area contributed by atoms with Gasteiger partial charge in [0.05, 0.1) is 32.2 Å². The molecule has 0 aliphatic heterocycles. The van der Waals surface area contributed by atoms with Crippen LogP contribution in [0.4, 0.5) is 9.59 Å². The minimum absolute atomic E-state index is 0.204. The lowest BCUT2D eigenvalue weighted by Gasteiger charge is -2.35. The van der Waals surface area contributed by atoms with Crippen molar-refractivity contribution in [3.05, 3.63) is 84.3 Å². The molecule has 0 aliphatic rings. The van der Waals surface area contributed by atoms with Gasteiger partial charge in [-0.25, -0.2) is 9.59 Å². The summed E-state index contributed by atoms with van der Waals surface area (Å²) in [4.78, 5) is 46.7. The van der Waals surface area contributed by atoms with Gasteiger partial charge in [0.1, 0.15) is 6.04 Å². The van der Waals surface area contributed by atoms with E-state index in [-0.39, 0.29) is 23.8 Å². The smallest absolute Gasteiger partial charge is 0.407 e. The average molecular weight is 691 g/mol. The fourth-order valence-corrected chi connectivity index (χ4v) is 5.59. The van der Waals surface area contributed by atoms with Crippen LogP contribution >= 0.6 is 0 Å². The number of aliphatic hydroxyl groups is 1. The Labute approximate surface area is 296 Å². The third-order valence-electron chi connectivity index (χ3n) is 8.61. The number of methoxy groups -OCH3 is 2. The predicted molar refractivity (Wildman–Crippen MR) is 193 cm³/mol. The third kappa shape index (κ3) is 12.7. The van der Waals surface area contributed by atoms with Crippen molar-refractivity contribution in [3.8, 4) is 11.3 Å². The van der Waals surface area contributed by atoms with Crippen LogP contribution in [-0.2, 0) is 27.1 Å². The van der Waals surface area contributed by atoms with E-state index in [0.29, 0.717) is 19.4 Å². The van der Waals surface area contributed by atoms with Crippen LogP contribution in [0.15, 0.2) is 73.2 Å². The fourth-order valence-electron chi connectivity index (χ4n) is 5.59. The Morgan fingerprint density at radius 1 is 0.780 bits per heavy atom. The molecule has 1 aromatic heterocycles. The first-order valence-electron chi connectivity index (χ1n) is 16.9. The van der Waals surface area contributed by atoms with Gasteiger partial charge in [0.2, 0.25) is 5.91 Å². The number of hydrogen-bond donors (Lipinski definition) is 5. The molecule has 12 heteroatoms. The van der Waals surface area contributed by atoms with Gasteiger partial charge in [-0.1, -0.05) is 96.1 Å². The molecule has 272 valence electrons. The summed E-state index contributed by atoms with van der Waals surface area (Å²) in [5, 5.41) is 24.2. The number of aromatic nitrogens is 2. The van der Waals surface area contributed by atoms with E-state index in [1.165, 1.54) is 14.2 Å².